The number of hydrogen-bond donors (Lipinski definition) is 2. The van der Waals surface area contributed by atoms with Crippen molar-refractivity contribution in [1.82, 2.24) is 5.32 Å². The zero-order valence-electron chi connectivity index (χ0n) is 13.6. The molecule has 1 saturated heterocycles. The molecule has 128 valence electrons. The third-order valence-corrected chi connectivity index (χ3v) is 6.93. The van der Waals surface area contributed by atoms with Crippen LogP contribution in [-0.4, -0.2) is 22.0 Å². The Labute approximate surface area is 138 Å². The van der Waals surface area contributed by atoms with Gasteiger partial charge in [-0.15, -0.1) is 0 Å². The molecule has 1 heterocycles. The number of rotatable bonds is 3. The molecular weight excluding hydrogens is 318 g/mol. The van der Waals surface area contributed by atoms with Crippen LogP contribution >= 0.6 is 0 Å². The summed E-state index contributed by atoms with van der Waals surface area (Å²) in [6.45, 7) is 5.58. The van der Waals surface area contributed by atoms with E-state index >= 15 is 0 Å². The van der Waals surface area contributed by atoms with Crippen LogP contribution in [0.4, 0.5) is 8.78 Å². The molecule has 1 unspecified atom stereocenters. The number of piperidine rings is 1. The van der Waals surface area contributed by atoms with Gasteiger partial charge in [0.1, 0.15) is 0 Å². The van der Waals surface area contributed by atoms with Crippen LogP contribution < -0.4 is 10.5 Å². The highest BCUT2D eigenvalue weighted by Gasteiger charge is 2.49. The average molecular weight is 342 g/mol. The van der Waals surface area contributed by atoms with Gasteiger partial charge >= 0.3 is 0 Å². The van der Waals surface area contributed by atoms with Crippen LogP contribution in [0.1, 0.15) is 50.2 Å². The van der Waals surface area contributed by atoms with Crippen molar-refractivity contribution in [1.29, 1.82) is 0 Å². The monoisotopic (exact) mass is 342 g/mol. The molecule has 6 heteroatoms. The summed E-state index contributed by atoms with van der Waals surface area (Å²) in [5, 5.41) is 9.02. The van der Waals surface area contributed by atoms with Gasteiger partial charge in [-0.25, -0.2) is 13.0 Å². The maximum absolute atomic E-state index is 13.8. The Morgan fingerprint density at radius 1 is 1.30 bits per heavy atom. The lowest BCUT2D eigenvalue weighted by Gasteiger charge is -2.42. The quantitative estimate of drug-likeness (QED) is 0.887. The fourth-order valence-corrected chi connectivity index (χ4v) is 4.59. The second-order valence-corrected chi connectivity index (χ2v) is 9.27. The minimum Gasteiger partial charge on any atom is -0.317 e. The largest absolute Gasteiger partial charge is 0.317 e. The molecule has 0 radical (unpaired) electrons. The molecule has 0 aromatic heterocycles. The molecule has 1 fully saturated rings. The molecule has 1 aromatic rings. The summed E-state index contributed by atoms with van der Waals surface area (Å²) in [7, 11) is -1.46. The molecular formula is C17H24F2N2OS. The van der Waals surface area contributed by atoms with Crippen molar-refractivity contribution in [2.45, 2.75) is 50.2 Å². The van der Waals surface area contributed by atoms with E-state index in [0.717, 1.165) is 43.5 Å². The van der Waals surface area contributed by atoms with E-state index in [1.807, 2.05) is 13.8 Å². The van der Waals surface area contributed by atoms with E-state index in [1.165, 1.54) is 12.1 Å². The van der Waals surface area contributed by atoms with Crippen LogP contribution in [0.3, 0.4) is 0 Å². The first-order chi connectivity index (χ1) is 10.8. The van der Waals surface area contributed by atoms with Gasteiger partial charge in [-0.3, -0.25) is 5.14 Å². The van der Waals surface area contributed by atoms with Gasteiger partial charge in [-0.1, -0.05) is 0 Å². The first-order valence-corrected chi connectivity index (χ1v) is 9.31. The average Bonchev–Trinajstić information content (AvgIpc) is 2.73. The molecule has 23 heavy (non-hydrogen) atoms. The van der Waals surface area contributed by atoms with Gasteiger partial charge in [0, 0.05) is 0 Å². The molecule has 0 bridgehead atoms. The molecule has 1 aliphatic carbocycles. The Morgan fingerprint density at radius 3 is 2.52 bits per heavy atom. The molecule has 2 aliphatic rings. The van der Waals surface area contributed by atoms with Gasteiger partial charge in [-0.05, 0) is 87.2 Å². The summed E-state index contributed by atoms with van der Waals surface area (Å²) >= 11 is 0. The molecule has 3 rings (SSSR count). The van der Waals surface area contributed by atoms with E-state index in [9.17, 15) is 13.0 Å². The number of fused-ring (bicyclic) bond motifs is 1. The highest BCUT2D eigenvalue weighted by molar-refractivity contribution is 7.84. The second-order valence-electron chi connectivity index (χ2n) is 7.57. The lowest BCUT2D eigenvalue weighted by atomic mass is 9.67. The van der Waals surface area contributed by atoms with Crippen LogP contribution in [-0.2, 0) is 17.4 Å². The summed E-state index contributed by atoms with van der Waals surface area (Å²) in [4.78, 5) is 0. The van der Waals surface area contributed by atoms with E-state index in [0.29, 0.717) is 6.42 Å². The van der Waals surface area contributed by atoms with E-state index in [2.05, 4.69) is 5.32 Å². The van der Waals surface area contributed by atoms with Crippen LogP contribution in [0.15, 0.2) is 12.1 Å². The number of halogens is 2. The van der Waals surface area contributed by atoms with E-state index < -0.39 is 27.4 Å². The van der Waals surface area contributed by atoms with Crippen LogP contribution in [0.2, 0.25) is 0 Å². The van der Waals surface area contributed by atoms with Crippen LogP contribution in [0, 0.1) is 17.0 Å². The van der Waals surface area contributed by atoms with Gasteiger partial charge in [0.15, 0.2) is 11.6 Å². The third-order valence-electron chi connectivity index (χ3n) is 5.68. The standard InChI is InChI=1S/C17H24F2N2OS/c1-16(2,23(20)22)10-13-12-8-15(19)14(18)7-11(12)9-17(13)3-5-21-6-4-17/h7-8,13,21H,3-6,9-10,20H2,1-2H3/t13-,23?/m1/s1. The minimum atomic E-state index is -1.46. The smallest absolute Gasteiger partial charge is 0.159 e. The molecule has 2 atom stereocenters. The van der Waals surface area contributed by atoms with Crippen molar-refractivity contribution in [3.8, 4) is 0 Å². The van der Waals surface area contributed by atoms with Crippen molar-refractivity contribution in [3.05, 3.63) is 34.9 Å². The second kappa shape index (κ2) is 5.90. The Bertz CT molecular complexity index is 642. The van der Waals surface area contributed by atoms with Crippen molar-refractivity contribution >= 4 is 11.0 Å². The third kappa shape index (κ3) is 2.96. The Kier molecular flexibility index (Phi) is 4.36. The minimum absolute atomic E-state index is 0.00947. The highest BCUT2D eigenvalue weighted by atomic mass is 32.2. The summed E-state index contributed by atoms with van der Waals surface area (Å²) in [5.74, 6) is -1.52. The van der Waals surface area contributed by atoms with Crippen LogP contribution in [0.25, 0.3) is 0 Å². The van der Waals surface area contributed by atoms with Gasteiger partial charge < -0.3 is 5.32 Å². The van der Waals surface area contributed by atoms with Gasteiger partial charge in [-0.2, -0.15) is 0 Å². The Balaban J connectivity index is 2.04. The number of hydrogen-bond acceptors (Lipinski definition) is 2. The zero-order chi connectivity index (χ0) is 16.8. The normalized spacial score (nSPS) is 24.7. The van der Waals surface area contributed by atoms with Crippen molar-refractivity contribution in [2.24, 2.45) is 10.6 Å². The summed E-state index contributed by atoms with van der Waals surface area (Å²) in [6, 6.07) is 2.70. The fourth-order valence-electron chi connectivity index (χ4n) is 4.26. The van der Waals surface area contributed by atoms with Crippen molar-refractivity contribution < 1.29 is 13.0 Å². The first-order valence-electron chi connectivity index (χ1n) is 8.10. The molecule has 0 amide bonds. The van der Waals surface area contributed by atoms with Crippen molar-refractivity contribution in [2.75, 3.05) is 13.1 Å². The SMILES string of the molecule is CC(C)(C[C@@H]1c2cc(F)c(F)cc2CC12CCNCC2)S(N)=O. The maximum Gasteiger partial charge on any atom is 0.159 e. The molecule has 1 spiro atoms. The van der Waals surface area contributed by atoms with Gasteiger partial charge in [0.2, 0.25) is 0 Å². The number of benzene rings is 1. The molecule has 1 aromatic carbocycles. The van der Waals surface area contributed by atoms with Gasteiger partial charge in [0.25, 0.3) is 0 Å². The summed E-state index contributed by atoms with van der Waals surface area (Å²) in [6.07, 6.45) is 3.30. The molecule has 1 aliphatic heterocycles. The fraction of sp³-hybridized carbons (Fsp3) is 0.647. The number of nitrogens with two attached hydrogens (primary N) is 1. The maximum atomic E-state index is 13.8. The van der Waals surface area contributed by atoms with E-state index in [-0.39, 0.29) is 11.3 Å². The predicted molar refractivity (Wildman–Crippen MR) is 88.4 cm³/mol. The molecule has 0 saturated carbocycles. The Hall–Kier alpha value is -0.850. The van der Waals surface area contributed by atoms with Gasteiger partial charge in [0.05, 0.1) is 15.7 Å². The number of nitrogens with one attached hydrogen (secondary N) is 1. The van der Waals surface area contributed by atoms with E-state index in [4.69, 9.17) is 5.14 Å². The zero-order valence-corrected chi connectivity index (χ0v) is 14.4. The summed E-state index contributed by atoms with van der Waals surface area (Å²) < 4.78 is 38.8. The first kappa shape index (κ1) is 17.0. The lowest BCUT2D eigenvalue weighted by Crippen LogP contribution is -2.43. The van der Waals surface area contributed by atoms with Crippen LogP contribution in [0.5, 0.6) is 0 Å². The Morgan fingerprint density at radius 2 is 1.91 bits per heavy atom. The molecule has 3 nitrogen and oxygen atoms in total. The molecule has 3 N–H and O–H groups in total. The summed E-state index contributed by atoms with van der Waals surface area (Å²) in [5.41, 5.74) is 1.77. The predicted octanol–water partition coefficient (Wildman–Crippen LogP) is 2.77. The van der Waals surface area contributed by atoms with Crippen molar-refractivity contribution in [3.63, 3.8) is 0 Å². The lowest BCUT2D eigenvalue weighted by molar-refractivity contribution is 0.158. The topological polar surface area (TPSA) is 55.1 Å². The van der Waals surface area contributed by atoms with E-state index in [1.54, 1.807) is 0 Å². The highest BCUT2D eigenvalue weighted by Crippen LogP contribution is 2.55.